The summed E-state index contributed by atoms with van der Waals surface area (Å²) in [5, 5.41) is 0. The van der Waals surface area contributed by atoms with Crippen molar-refractivity contribution in [1.82, 2.24) is 9.80 Å². The SMILES string of the molecule is CC1CN(CC(N)C2CC2)CC(C)N1C. The molecule has 0 aromatic carbocycles. The van der Waals surface area contributed by atoms with Crippen LogP contribution in [-0.2, 0) is 0 Å². The summed E-state index contributed by atoms with van der Waals surface area (Å²) in [5.41, 5.74) is 6.18. The second kappa shape index (κ2) is 4.40. The molecule has 0 radical (unpaired) electrons. The molecule has 0 bridgehead atoms. The van der Waals surface area contributed by atoms with E-state index in [1.54, 1.807) is 0 Å². The number of nitrogens with zero attached hydrogens (tertiary/aromatic N) is 2. The third-order valence-electron chi connectivity index (χ3n) is 4.13. The Kier molecular flexibility index (Phi) is 3.33. The van der Waals surface area contributed by atoms with Crippen LogP contribution < -0.4 is 5.73 Å². The zero-order chi connectivity index (χ0) is 11.0. The summed E-state index contributed by atoms with van der Waals surface area (Å²) in [6.45, 7) is 8.09. The second-order valence-corrected chi connectivity index (χ2v) is 5.58. The summed E-state index contributed by atoms with van der Waals surface area (Å²) in [7, 11) is 2.23. The van der Waals surface area contributed by atoms with Crippen LogP contribution in [0.5, 0.6) is 0 Å². The predicted octanol–water partition coefficient (Wildman–Crippen LogP) is 0.748. The van der Waals surface area contributed by atoms with Crippen molar-refractivity contribution >= 4 is 0 Å². The maximum absolute atomic E-state index is 6.18. The smallest absolute Gasteiger partial charge is 0.0196 e. The Morgan fingerprint density at radius 3 is 2.20 bits per heavy atom. The van der Waals surface area contributed by atoms with E-state index in [2.05, 4.69) is 30.7 Å². The van der Waals surface area contributed by atoms with E-state index in [-0.39, 0.29) is 0 Å². The van der Waals surface area contributed by atoms with Gasteiger partial charge in [0.2, 0.25) is 0 Å². The zero-order valence-electron chi connectivity index (χ0n) is 10.3. The fraction of sp³-hybridized carbons (Fsp3) is 1.00. The Balaban J connectivity index is 1.82. The average Bonchev–Trinajstić information content (AvgIpc) is 2.96. The Morgan fingerprint density at radius 1 is 1.20 bits per heavy atom. The maximum atomic E-state index is 6.18. The van der Waals surface area contributed by atoms with Crippen LogP contribution in [0, 0.1) is 5.92 Å². The number of nitrogens with two attached hydrogens (primary N) is 1. The van der Waals surface area contributed by atoms with Crippen molar-refractivity contribution in [3.05, 3.63) is 0 Å². The van der Waals surface area contributed by atoms with E-state index in [1.807, 2.05) is 0 Å². The summed E-state index contributed by atoms with van der Waals surface area (Å²) in [6.07, 6.45) is 2.72. The molecule has 3 atom stereocenters. The predicted molar refractivity (Wildman–Crippen MR) is 63.8 cm³/mol. The molecule has 3 nitrogen and oxygen atoms in total. The topological polar surface area (TPSA) is 32.5 Å². The number of piperazine rings is 1. The summed E-state index contributed by atoms with van der Waals surface area (Å²) in [5.74, 6) is 0.829. The van der Waals surface area contributed by atoms with Gasteiger partial charge in [-0.25, -0.2) is 0 Å². The zero-order valence-corrected chi connectivity index (χ0v) is 10.3. The van der Waals surface area contributed by atoms with Gasteiger partial charge in [0.25, 0.3) is 0 Å². The van der Waals surface area contributed by atoms with E-state index in [1.165, 1.54) is 25.9 Å². The molecule has 2 fully saturated rings. The summed E-state index contributed by atoms with van der Waals surface area (Å²) < 4.78 is 0. The molecule has 0 amide bonds. The van der Waals surface area contributed by atoms with E-state index in [9.17, 15) is 0 Å². The molecule has 3 unspecified atom stereocenters. The lowest BCUT2D eigenvalue weighted by molar-refractivity contribution is 0.0555. The molecule has 1 aliphatic heterocycles. The van der Waals surface area contributed by atoms with Gasteiger partial charge in [-0.1, -0.05) is 0 Å². The highest BCUT2D eigenvalue weighted by Gasteiger charge is 2.32. The van der Waals surface area contributed by atoms with Crippen molar-refractivity contribution in [1.29, 1.82) is 0 Å². The molecule has 1 saturated heterocycles. The van der Waals surface area contributed by atoms with Crippen LogP contribution in [0.3, 0.4) is 0 Å². The van der Waals surface area contributed by atoms with Crippen LogP contribution in [0.4, 0.5) is 0 Å². The molecule has 3 heteroatoms. The first-order chi connectivity index (χ1) is 7.08. The summed E-state index contributed by atoms with van der Waals surface area (Å²) >= 11 is 0. The van der Waals surface area contributed by atoms with E-state index < -0.39 is 0 Å². The summed E-state index contributed by atoms with van der Waals surface area (Å²) in [6, 6.07) is 1.76. The molecule has 2 aliphatic rings. The van der Waals surface area contributed by atoms with Crippen molar-refractivity contribution < 1.29 is 0 Å². The molecule has 1 heterocycles. The number of likely N-dealkylation sites (N-methyl/N-ethyl adjacent to an activating group) is 1. The van der Waals surface area contributed by atoms with Crippen LogP contribution >= 0.6 is 0 Å². The fourth-order valence-electron chi connectivity index (χ4n) is 2.63. The quantitative estimate of drug-likeness (QED) is 0.747. The minimum absolute atomic E-state index is 0.424. The van der Waals surface area contributed by atoms with E-state index in [0.717, 1.165) is 12.5 Å². The van der Waals surface area contributed by atoms with Gasteiger partial charge >= 0.3 is 0 Å². The van der Waals surface area contributed by atoms with Crippen LogP contribution in [0.15, 0.2) is 0 Å². The number of hydrogen-bond donors (Lipinski definition) is 1. The minimum atomic E-state index is 0.424. The van der Waals surface area contributed by atoms with Crippen molar-refractivity contribution in [2.45, 2.75) is 44.8 Å². The van der Waals surface area contributed by atoms with Crippen LogP contribution in [0.2, 0.25) is 0 Å². The third-order valence-corrected chi connectivity index (χ3v) is 4.13. The average molecular weight is 211 g/mol. The molecular formula is C12H25N3. The van der Waals surface area contributed by atoms with Crippen molar-refractivity contribution in [2.24, 2.45) is 11.7 Å². The van der Waals surface area contributed by atoms with Crippen molar-refractivity contribution in [2.75, 3.05) is 26.7 Å². The molecular weight excluding hydrogens is 186 g/mol. The first-order valence-corrected chi connectivity index (χ1v) is 6.27. The van der Waals surface area contributed by atoms with Gasteiger partial charge in [-0.15, -0.1) is 0 Å². The Hall–Kier alpha value is -0.120. The molecule has 2 rings (SSSR count). The normalized spacial score (nSPS) is 36.8. The van der Waals surface area contributed by atoms with E-state index in [0.29, 0.717) is 18.1 Å². The standard InChI is InChI=1S/C12H25N3/c1-9-6-15(7-10(2)14(9)3)8-12(13)11-4-5-11/h9-12H,4-8,13H2,1-3H3. The molecule has 15 heavy (non-hydrogen) atoms. The lowest BCUT2D eigenvalue weighted by Gasteiger charge is -2.43. The van der Waals surface area contributed by atoms with Gasteiger partial charge in [-0.3, -0.25) is 9.80 Å². The highest BCUT2D eigenvalue weighted by molar-refractivity contribution is 4.89. The monoisotopic (exact) mass is 211 g/mol. The fourth-order valence-corrected chi connectivity index (χ4v) is 2.63. The highest BCUT2D eigenvalue weighted by Crippen LogP contribution is 2.32. The Morgan fingerprint density at radius 2 is 1.73 bits per heavy atom. The van der Waals surface area contributed by atoms with Gasteiger partial charge in [0.05, 0.1) is 0 Å². The highest BCUT2D eigenvalue weighted by atomic mass is 15.3. The lowest BCUT2D eigenvalue weighted by Crippen LogP contribution is -2.57. The molecule has 0 aromatic rings. The first kappa shape index (κ1) is 11.4. The first-order valence-electron chi connectivity index (χ1n) is 6.27. The number of rotatable bonds is 3. The van der Waals surface area contributed by atoms with Gasteiger partial charge in [0, 0.05) is 37.8 Å². The summed E-state index contributed by atoms with van der Waals surface area (Å²) in [4.78, 5) is 5.03. The van der Waals surface area contributed by atoms with E-state index in [4.69, 9.17) is 5.73 Å². The molecule has 1 aliphatic carbocycles. The third kappa shape index (κ3) is 2.71. The van der Waals surface area contributed by atoms with Gasteiger partial charge in [0.15, 0.2) is 0 Å². The largest absolute Gasteiger partial charge is 0.326 e. The Labute approximate surface area is 93.6 Å². The van der Waals surface area contributed by atoms with Crippen LogP contribution in [0.1, 0.15) is 26.7 Å². The minimum Gasteiger partial charge on any atom is -0.326 e. The number of hydrogen-bond acceptors (Lipinski definition) is 3. The molecule has 1 saturated carbocycles. The van der Waals surface area contributed by atoms with Gasteiger partial charge in [-0.05, 0) is 39.7 Å². The molecule has 88 valence electrons. The van der Waals surface area contributed by atoms with Gasteiger partial charge in [0.1, 0.15) is 0 Å². The van der Waals surface area contributed by atoms with E-state index >= 15 is 0 Å². The molecule has 2 N–H and O–H groups in total. The van der Waals surface area contributed by atoms with Crippen LogP contribution in [0.25, 0.3) is 0 Å². The molecule has 0 aromatic heterocycles. The second-order valence-electron chi connectivity index (χ2n) is 5.58. The molecule has 0 spiro atoms. The van der Waals surface area contributed by atoms with Crippen molar-refractivity contribution in [3.63, 3.8) is 0 Å². The van der Waals surface area contributed by atoms with Crippen molar-refractivity contribution in [3.8, 4) is 0 Å². The maximum Gasteiger partial charge on any atom is 0.0196 e. The van der Waals surface area contributed by atoms with Gasteiger partial charge < -0.3 is 5.73 Å². The van der Waals surface area contributed by atoms with Gasteiger partial charge in [-0.2, -0.15) is 0 Å². The van der Waals surface area contributed by atoms with Crippen LogP contribution in [-0.4, -0.2) is 54.6 Å². The lowest BCUT2D eigenvalue weighted by atomic mass is 10.1. The Bertz CT molecular complexity index is 203.